The first-order valence-corrected chi connectivity index (χ1v) is 7.44. The van der Waals surface area contributed by atoms with Crippen molar-refractivity contribution in [3.63, 3.8) is 0 Å². The number of amides is 1. The molecule has 3 N–H and O–H groups in total. The van der Waals surface area contributed by atoms with Crippen molar-refractivity contribution in [2.75, 3.05) is 13.2 Å². The van der Waals surface area contributed by atoms with Gasteiger partial charge in [0, 0.05) is 18.7 Å². The third kappa shape index (κ3) is 5.48. The van der Waals surface area contributed by atoms with E-state index in [9.17, 15) is 4.79 Å². The predicted octanol–water partition coefficient (Wildman–Crippen LogP) is 2.47. The first-order valence-electron chi connectivity index (χ1n) is 7.44. The second kappa shape index (κ2) is 7.57. The van der Waals surface area contributed by atoms with Gasteiger partial charge in [-0.25, -0.2) is 0 Å². The fourth-order valence-corrected chi connectivity index (χ4v) is 1.65. The molecule has 0 spiro atoms. The number of nitrogens with two attached hydrogens (primary N) is 1. The zero-order valence-corrected chi connectivity index (χ0v) is 13.6. The maximum absolute atomic E-state index is 12.1. The molecule has 0 saturated carbocycles. The van der Waals surface area contributed by atoms with Gasteiger partial charge in [0.2, 0.25) is 5.91 Å². The summed E-state index contributed by atoms with van der Waals surface area (Å²) in [6.07, 6.45) is 0.791. The maximum atomic E-state index is 12.1. The molecule has 118 valence electrons. The van der Waals surface area contributed by atoms with E-state index in [-0.39, 0.29) is 5.91 Å². The number of carbonyl (C=O) groups is 1. The van der Waals surface area contributed by atoms with E-state index < -0.39 is 11.0 Å². The van der Waals surface area contributed by atoms with E-state index in [2.05, 4.69) is 5.32 Å². The molecule has 1 rings (SSSR count). The summed E-state index contributed by atoms with van der Waals surface area (Å²) in [5.41, 5.74) is 6.05. The molecule has 0 aromatic heterocycles. The van der Waals surface area contributed by atoms with Gasteiger partial charge in [0.25, 0.3) is 0 Å². The number of rotatable bonds is 8. The lowest BCUT2D eigenvalue weighted by Crippen LogP contribution is -2.55. The number of benzene rings is 1. The molecule has 0 radical (unpaired) electrons. The van der Waals surface area contributed by atoms with E-state index in [0.717, 1.165) is 12.0 Å². The Morgan fingerprint density at radius 2 is 1.81 bits per heavy atom. The van der Waals surface area contributed by atoms with Crippen LogP contribution >= 0.6 is 0 Å². The molecule has 0 unspecified atom stereocenters. The molecular weight excluding hydrogens is 264 g/mol. The lowest BCUT2D eigenvalue weighted by Gasteiger charge is -2.36. The SMILES string of the molecule is CC(C)(N)C(C)(C)C(=O)NCCCOCc1ccccc1. The van der Waals surface area contributed by atoms with Gasteiger partial charge in [-0.2, -0.15) is 0 Å². The lowest BCUT2D eigenvalue weighted by molar-refractivity contribution is -0.132. The van der Waals surface area contributed by atoms with Gasteiger partial charge in [-0.15, -0.1) is 0 Å². The second-order valence-electron chi connectivity index (χ2n) is 6.49. The molecule has 4 nitrogen and oxygen atoms in total. The van der Waals surface area contributed by atoms with Crippen molar-refractivity contribution in [1.82, 2.24) is 5.32 Å². The standard InChI is InChI=1S/C17H28N2O2/c1-16(2,17(3,4)18)15(20)19-11-8-12-21-13-14-9-6-5-7-10-14/h5-7,9-10H,8,11-13,18H2,1-4H3,(H,19,20). The molecule has 0 bridgehead atoms. The molecule has 21 heavy (non-hydrogen) atoms. The van der Waals surface area contributed by atoms with Gasteiger partial charge in [-0.3, -0.25) is 4.79 Å². The molecule has 1 aromatic carbocycles. The van der Waals surface area contributed by atoms with Gasteiger partial charge in [0.05, 0.1) is 12.0 Å². The lowest BCUT2D eigenvalue weighted by atomic mass is 9.74. The highest BCUT2D eigenvalue weighted by atomic mass is 16.5. The number of nitrogens with one attached hydrogen (secondary N) is 1. The van der Waals surface area contributed by atoms with Gasteiger partial charge in [0.15, 0.2) is 0 Å². The van der Waals surface area contributed by atoms with Crippen molar-refractivity contribution < 1.29 is 9.53 Å². The van der Waals surface area contributed by atoms with Crippen LogP contribution in [0, 0.1) is 5.41 Å². The highest BCUT2D eigenvalue weighted by molar-refractivity contribution is 5.83. The Morgan fingerprint density at radius 3 is 2.38 bits per heavy atom. The van der Waals surface area contributed by atoms with Gasteiger partial charge in [-0.05, 0) is 39.7 Å². The van der Waals surface area contributed by atoms with Crippen LogP contribution in [-0.2, 0) is 16.1 Å². The van der Waals surface area contributed by atoms with E-state index in [1.807, 2.05) is 58.0 Å². The summed E-state index contributed by atoms with van der Waals surface area (Å²) >= 11 is 0. The monoisotopic (exact) mass is 292 g/mol. The Kier molecular flexibility index (Phi) is 6.37. The van der Waals surface area contributed by atoms with Crippen LogP contribution in [0.2, 0.25) is 0 Å². The van der Waals surface area contributed by atoms with Crippen molar-refractivity contribution in [3.05, 3.63) is 35.9 Å². The van der Waals surface area contributed by atoms with Gasteiger partial charge < -0.3 is 15.8 Å². The number of hydrogen-bond acceptors (Lipinski definition) is 3. The van der Waals surface area contributed by atoms with Crippen LogP contribution in [0.5, 0.6) is 0 Å². The van der Waals surface area contributed by atoms with Crippen molar-refractivity contribution in [2.45, 2.75) is 46.3 Å². The van der Waals surface area contributed by atoms with E-state index in [4.69, 9.17) is 10.5 Å². The van der Waals surface area contributed by atoms with Gasteiger partial charge >= 0.3 is 0 Å². The van der Waals surface area contributed by atoms with Crippen molar-refractivity contribution in [1.29, 1.82) is 0 Å². The van der Waals surface area contributed by atoms with E-state index >= 15 is 0 Å². The van der Waals surface area contributed by atoms with Crippen LogP contribution in [0.3, 0.4) is 0 Å². The van der Waals surface area contributed by atoms with E-state index in [1.54, 1.807) is 0 Å². The summed E-state index contributed by atoms with van der Waals surface area (Å²) in [6, 6.07) is 10.0. The Labute approximate surface area is 128 Å². The van der Waals surface area contributed by atoms with Crippen molar-refractivity contribution in [2.24, 2.45) is 11.1 Å². The van der Waals surface area contributed by atoms with Crippen LogP contribution in [-0.4, -0.2) is 24.6 Å². The van der Waals surface area contributed by atoms with Crippen LogP contribution in [0.4, 0.5) is 0 Å². The van der Waals surface area contributed by atoms with Crippen LogP contribution in [0.25, 0.3) is 0 Å². The first kappa shape index (κ1) is 17.7. The highest BCUT2D eigenvalue weighted by Crippen LogP contribution is 2.28. The zero-order valence-electron chi connectivity index (χ0n) is 13.6. The molecule has 1 aromatic rings. The second-order valence-corrected chi connectivity index (χ2v) is 6.49. The maximum Gasteiger partial charge on any atom is 0.227 e. The first-order chi connectivity index (χ1) is 9.75. The molecule has 4 heteroatoms. The molecule has 0 atom stereocenters. The van der Waals surface area contributed by atoms with E-state index in [0.29, 0.717) is 19.8 Å². The molecule has 0 fully saturated rings. The van der Waals surface area contributed by atoms with Crippen LogP contribution < -0.4 is 11.1 Å². The Morgan fingerprint density at radius 1 is 1.19 bits per heavy atom. The minimum absolute atomic E-state index is 0.0157. The fraction of sp³-hybridized carbons (Fsp3) is 0.588. The average Bonchev–Trinajstić information content (AvgIpc) is 2.42. The number of ether oxygens (including phenoxy) is 1. The smallest absolute Gasteiger partial charge is 0.227 e. The summed E-state index contributed by atoms with van der Waals surface area (Å²) in [4.78, 5) is 12.1. The van der Waals surface area contributed by atoms with E-state index in [1.165, 1.54) is 0 Å². The Balaban J connectivity index is 2.18. The van der Waals surface area contributed by atoms with Crippen LogP contribution in [0.15, 0.2) is 30.3 Å². The predicted molar refractivity (Wildman–Crippen MR) is 85.8 cm³/mol. The molecule has 0 aliphatic rings. The molecular formula is C17H28N2O2. The zero-order chi connectivity index (χ0) is 15.9. The summed E-state index contributed by atoms with van der Waals surface area (Å²) in [5, 5.41) is 2.93. The van der Waals surface area contributed by atoms with Crippen molar-refractivity contribution >= 4 is 5.91 Å². The van der Waals surface area contributed by atoms with Gasteiger partial charge in [0.1, 0.15) is 0 Å². The third-order valence-electron chi connectivity index (χ3n) is 4.04. The number of hydrogen-bond donors (Lipinski definition) is 2. The Bertz CT molecular complexity index is 436. The average molecular weight is 292 g/mol. The summed E-state index contributed by atoms with van der Waals surface area (Å²) < 4.78 is 5.58. The Hall–Kier alpha value is -1.39. The molecule has 0 heterocycles. The molecule has 0 aliphatic carbocycles. The minimum atomic E-state index is -0.599. The van der Waals surface area contributed by atoms with Crippen molar-refractivity contribution in [3.8, 4) is 0 Å². The third-order valence-corrected chi connectivity index (χ3v) is 4.04. The summed E-state index contributed by atoms with van der Waals surface area (Å²) in [5.74, 6) is -0.0157. The number of carbonyl (C=O) groups excluding carboxylic acids is 1. The fourth-order valence-electron chi connectivity index (χ4n) is 1.65. The molecule has 0 aliphatic heterocycles. The largest absolute Gasteiger partial charge is 0.377 e. The van der Waals surface area contributed by atoms with Crippen LogP contribution in [0.1, 0.15) is 39.7 Å². The quantitative estimate of drug-likeness (QED) is 0.723. The summed E-state index contributed by atoms with van der Waals surface area (Å²) in [6.45, 7) is 9.32. The molecule has 1 amide bonds. The van der Waals surface area contributed by atoms with Gasteiger partial charge in [-0.1, -0.05) is 30.3 Å². The topological polar surface area (TPSA) is 64.4 Å². The normalized spacial score (nSPS) is 12.2. The minimum Gasteiger partial charge on any atom is -0.377 e. The molecule has 0 saturated heterocycles. The highest BCUT2D eigenvalue weighted by Gasteiger charge is 2.39. The summed E-state index contributed by atoms with van der Waals surface area (Å²) in [7, 11) is 0.